The van der Waals surface area contributed by atoms with Gasteiger partial charge < -0.3 is 20.8 Å². The van der Waals surface area contributed by atoms with Crippen molar-refractivity contribution in [3.63, 3.8) is 0 Å². The topological polar surface area (TPSA) is 98.7 Å². The van der Waals surface area contributed by atoms with E-state index in [2.05, 4.69) is 10.6 Å². The minimum Gasteiger partial charge on any atom is -0.480 e. The zero-order valence-electron chi connectivity index (χ0n) is 13.9. The molecule has 0 aliphatic heterocycles. The van der Waals surface area contributed by atoms with Gasteiger partial charge in [0.25, 0.3) is 0 Å². The molecule has 0 aliphatic carbocycles. The molecule has 0 aliphatic rings. The number of unbranched alkanes of at least 4 members (excludes halogenated alkanes) is 3. The predicted molar refractivity (Wildman–Crippen MR) is 87.1 cm³/mol. The average Bonchev–Trinajstić information content (AvgIpc) is 2.47. The molecule has 0 radical (unpaired) electrons. The lowest BCUT2D eigenvalue weighted by molar-refractivity contribution is -0.140. The molecular weight excluding hydrogens is 284 g/mol. The number of rotatable bonds is 15. The van der Waals surface area contributed by atoms with E-state index in [1.54, 1.807) is 0 Å². The van der Waals surface area contributed by atoms with Gasteiger partial charge in [0.05, 0.1) is 0 Å². The molecule has 0 saturated carbocycles. The summed E-state index contributed by atoms with van der Waals surface area (Å²) in [4.78, 5) is 21.9. The summed E-state index contributed by atoms with van der Waals surface area (Å²) in [7, 11) is 0. The quantitative estimate of drug-likeness (QED) is 0.346. The number of hydrogen-bond donors (Lipinski definition) is 4. The zero-order chi connectivity index (χ0) is 16.8. The first-order chi connectivity index (χ1) is 10.5. The van der Waals surface area contributed by atoms with E-state index in [1.165, 1.54) is 0 Å². The average molecular weight is 316 g/mol. The Hall–Kier alpha value is -1.14. The van der Waals surface area contributed by atoms with Gasteiger partial charge in [0.2, 0.25) is 0 Å². The van der Waals surface area contributed by atoms with Gasteiger partial charge in [-0.05, 0) is 38.8 Å². The summed E-state index contributed by atoms with van der Waals surface area (Å²) in [6.07, 6.45) is 6.99. The van der Waals surface area contributed by atoms with Crippen molar-refractivity contribution in [3.05, 3.63) is 0 Å². The molecule has 6 nitrogen and oxygen atoms in total. The van der Waals surface area contributed by atoms with E-state index in [1.807, 2.05) is 13.8 Å². The molecule has 0 heterocycles. The first kappa shape index (κ1) is 20.9. The van der Waals surface area contributed by atoms with Gasteiger partial charge in [-0.1, -0.05) is 39.5 Å². The molecule has 0 rings (SSSR count). The fourth-order valence-corrected chi connectivity index (χ4v) is 2.36. The van der Waals surface area contributed by atoms with Crippen LogP contribution >= 0.6 is 0 Å². The van der Waals surface area contributed by atoms with Gasteiger partial charge in [-0.3, -0.25) is 9.59 Å². The summed E-state index contributed by atoms with van der Waals surface area (Å²) >= 11 is 0. The van der Waals surface area contributed by atoms with Crippen molar-refractivity contribution in [2.24, 2.45) is 0 Å². The van der Waals surface area contributed by atoms with E-state index < -0.39 is 24.0 Å². The van der Waals surface area contributed by atoms with Crippen molar-refractivity contribution in [1.82, 2.24) is 10.6 Å². The summed E-state index contributed by atoms with van der Waals surface area (Å²) in [6, 6.07) is -0.867. The number of hydrogen-bond acceptors (Lipinski definition) is 4. The van der Waals surface area contributed by atoms with Crippen LogP contribution < -0.4 is 10.6 Å². The molecule has 0 aromatic carbocycles. The van der Waals surface area contributed by atoms with Crippen LogP contribution in [0.1, 0.15) is 65.2 Å². The first-order valence-electron chi connectivity index (χ1n) is 8.45. The van der Waals surface area contributed by atoms with Crippen molar-refractivity contribution in [1.29, 1.82) is 0 Å². The maximum absolute atomic E-state index is 10.9. The lowest BCUT2D eigenvalue weighted by Gasteiger charge is -2.14. The molecular formula is C16H32N2O4. The Kier molecular flexibility index (Phi) is 12.8. The Morgan fingerprint density at radius 2 is 1.14 bits per heavy atom. The van der Waals surface area contributed by atoms with Crippen LogP contribution in [0, 0.1) is 0 Å². The fourth-order valence-electron chi connectivity index (χ4n) is 2.36. The normalized spacial score (nSPS) is 13.7. The first-order valence-corrected chi connectivity index (χ1v) is 8.45. The van der Waals surface area contributed by atoms with E-state index in [0.29, 0.717) is 12.8 Å². The van der Waals surface area contributed by atoms with E-state index in [4.69, 9.17) is 10.2 Å². The lowest BCUT2D eigenvalue weighted by atomic mass is 10.1. The van der Waals surface area contributed by atoms with Crippen LogP contribution in [0.2, 0.25) is 0 Å². The molecule has 0 saturated heterocycles. The second kappa shape index (κ2) is 13.5. The van der Waals surface area contributed by atoms with Crippen LogP contribution in [0.25, 0.3) is 0 Å². The number of aliphatic carboxylic acids is 2. The third kappa shape index (κ3) is 10.6. The molecule has 130 valence electrons. The van der Waals surface area contributed by atoms with Crippen LogP contribution in [0.15, 0.2) is 0 Å². The number of carbonyl (C=O) groups is 2. The van der Waals surface area contributed by atoms with Crippen molar-refractivity contribution in [3.8, 4) is 0 Å². The van der Waals surface area contributed by atoms with Crippen molar-refractivity contribution in [2.45, 2.75) is 77.3 Å². The largest absolute Gasteiger partial charge is 0.480 e. The summed E-state index contributed by atoms with van der Waals surface area (Å²) in [5.41, 5.74) is 0. The van der Waals surface area contributed by atoms with Crippen LogP contribution in [0.3, 0.4) is 0 Å². The second-order valence-corrected chi connectivity index (χ2v) is 5.68. The highest BCUT2D eigenvalue weighted by atomic mass is 16.4. The molecule has 0 aromatic heterocycles. The third-order valence-electron chi connectivity index (χ3n) is 3.64. The number of carboxylic acids is 2. The highest BCUT2D eigenvalue weighted by molar-refractivity contribution is 5.73. The highest BCUT2D eigenvalue weighted by Crippen LogP contribution is 2.02. The Balaban J connectivity index is 3.57. The third-order valence-corrected chi connectivity index (χ3v) is 3.64. The van der Waals surface area contributed by atoms with Crippen LogP contribution in [-0.2, 0) is 9.59 Å². The van der Waals surface area contributed by atoms with Gasteiger partial charge in [0.15, 0.2) is 0 Å². The predicted octanol–water partition coefficient (Wildman–Crippen LogP) is 2.23. The zero-order valence-corrected chi connectivity index (χ0v) is 13.9. The Morgan fingerprint density at radius 3 is 1.41 bits per heavy atom. The van der Waals surface area contributed by atoms with Gasteiger partial charge in [0.1, 0.15) is 12.1 Å². The summed E-state index contributed by atoms with van der Waals surface area (Å²) in [5, 5.41) is 24.1. The van der Waals surface area contributed by atoms with E-state index in [-0.39, 0.29) is 0 Å². The molecule has 4 N–H and O–H groups in total. The second-order valence-electron chi connectivity index (χ2n) is 5.68. The molecule has 2 atom stereocenters. The molecule has 0 unspecified atom stereocenters. The fraction of sp³-hybridized carbons (Fsp3) is 0.875. The van der Waals surface area contributed by atoms with Crippen molar-refractivity contribution >= 4 is 11.9 Å². The molecule has 0 bridgehead atoms. The Morgan fingerprint density at radius 1 is 0.773 bits per heavy atom. The maximum atomic E-state index is 10.9. The molecule has 6 heteroatoms. The number of carboxylic acid groups (broad SMARTS) is 2. The van der Waals surface area contributed by atoms with Crippen LogP contribution in [0.5, 0.6) is 0 Å². The summed E-state index contributed by atoms with van der Waals surface area (Å²) in [6.45, 7) is 5.40. The van der Waals surface area contributed by atoms with Gasteiger partial charge in [-0.15, -0.1) is 0 Å². The van der Waals surface area contributed by atoms with Crippen LogP contribution in [0.4, 0.5) is 0 Å². The lowest BCUT2D eigenvalue weighted by Crippen LogP contribution is -2.37. The maximum Gasteiger partial charge on any atom is 0.320 e. The van der Waals surface area contributed by atoms with Crippen molar-refractivity contribution in [2.75, 3.05) is 13.1 Å². The minimum atomic E-state index is -0.776. The van der Waals surface area contributed by atoms with Gasteiger partial charge in [-0.2, -0.15) is 0 Å². The summed E-state index contributed by atoms with van der Waals surface area (Å²) in [5.74, 6) is -1.55. The van der Waals surface area contributed by atoms with Gasteiger partial charge >= 0.3 is 11.9 Å². The smallest absolute Gasteiger partial charge is 0.320 e. The Bertz CT molecular complexity index is 281. The molecule has 22 heavy (non-hydrogen) atoms. The standard InChI is InChI=1S/C16H32N2O4/c1-3-9-13(15(19)20)17-11-7-5-6-8-12-18-14(10-4-2)16(21)22/h13-14,17-18H,3-12H2,1-2H3,(H,19,20)(H,21,22)/t13-,14-/m0/s1. The van der Waals surface area contributed by atoms with Gasteiger partial charge in [-0.25, -0.2) is 0 Å². The van der Waals surface area contributed by atoms with Crippen molar-refractivity contribution < 1.29 is 19.8 Å². The van der Waals surface area contributed by atoms with E-state index in [0.717, 1.165) is 51.6 Å². The molecule has 0 fully saturated rings. The SMILES string of the molecule is CCC[C@H](NCCCCCCN[C@@H](CCC)C(=O)O)C(=O)O. The highest BCUT2D eigenvalue weighted by Gasteiger charge is 2.15. The summed E-state index contributed by atoms with van der Waals surface area (Å²) < 4.78 is 0. The van der Waals surface area contributed by atoms with E-state index in [9.17, 15) is 9.59 Å². The van der Waals surface area contributed by atoms with Crippen LogP contribution in [-0.4, -0.2) is 47.3 Å². The van der Waals surface area contributed by atoms with Gasteiger partial charge in [0, 0.05) is 0 Å². The van der Waals surface area contributed by atoms with E-state index >= 15 is 0 Å². The molecule has 0 spiro atoms. The molecule has 0 amide bonds. The monoisotopic (exact) mass is 316 g/mol. The minimum absolute atomic E-state index is 0.433. The number of nitrogens with one attached hydrogen (secondary N) is 2. The Labute approximate surface area is 133 Å². The molecule has 0 aromatic rings.